The lowest BCUT2D eigenvalue weighted by molar-refractivity contribution is 0.0735. The summed E-state index contributed by atoms with van der Waals surface area (Å²) < 4.78 is 11.3. The lowest BCUT2D eigenvalue weighted by atomic mass is 10.0. The number of aryl methyl sites for hydroxylation is 1. The minimum Gasteiger partial charge on any atom is -0.486 e. The maximum Gasteiger partial charge on any atom is 0.254 e. The van der Waals surface area contributed by atoms with E-state index in [9.17, 15) is 4.79 Å². The van der Waals surface area contributed by atoms with Gasteiger partial charge in [0.05, 0.1) is 6.04 Å². The highest BCUT2D eigenvalue weighted by Gasteiger charge is 2.31. The summed E-state index contributed by atoms with van der Waals surface area (Å²) >= 11 is 0. The van der Waals surface area contributed by atoms with Gasteiger partial charge in [-0.25, -0.2) is 0 Å². The predicted octanol–water partition coefficient (Wildman–Crippen LogP) is 3.74. The van der Waals surface area contributed by atoms with Crippen molar-refractivity contribution in [2.24, 2.45) is 0 Å². The Hall–Kier alpha value is -2.49. The first-order valence-electron chi connectivity index (χ1n) is 8.49. The van der Waals surface area contributed by atoms with E-state index in [1.165, 1.54) is 0 Å². The molecule has 1 atom stereocenters. The molecule has 24 heavy (non-hydrogen) atoms. The second kappa shape index (κ2) is 6.19. The number of amides is 1. The molecule has 0 spiro atoms. The van der Waals surface area contributed by atoms with E-state index in [0.29, 0.717) is 13.2 Å². The fourth-order valence-corrected chi connectivity index (χ4v) is 3.57. The Balaban J connectivity index is 1.62. The molecule has 0 radical (unpaired) electrons. The molecule has 2 aromatic carbocycles. The van der Waals surface area contributed by atoms with Gasteiger partial charge in [0.25, 0.3) is 5.91 Å². The van der Waals surface area contributed by atoms with Crippen LogP contribution in [0.2, 0.25) is 0 Å². The second-order valence-electron chi connectivity index (χ2n) is 6.43. The standard InChI is InChI=1S/C20H21NO3/c1-14-4-2-5-16(12-14)20(22)21-9-3-6-17(21)15-7-8-18-19(13-15)24-11-10-23-18/h2,4-5,7-8,12-13,17H,3,6,9-11H2,1H3. The van der Waals surface area contributed by atoms with Crippen molar-refractivity contribution in [3.63, 3.8) is 0 Å². The maximum absolute atomic E-state index is 12.9. The van der Waals surface area contributed by atoms with E-state index in [1.807, 2.05) is 48.2 Å². The van der Waals surface area contributed by atoms with Crippen LogP contribution in [0.25, 0.3) is 0 Å². The molecule has 0 bridgehead atoms. The SMILES string of the molecule is Cc1cccc(C(=O)N2CCCC2c2ccc3c(c2)OCCO3)c1. The summed E-state index contributed by atoms with van der Waals surface area (Å²) in [6.45, 7) is 3.98. The number of rotatable bonds is 2. The van der Waals surface area contributed by atoms with E-state index in [2.05, 4.69) is 6.07 Å². The van der Waals surface area contributed by atoms with Crippen LogP contribution in [0.15, 0.2) is 42.5 Å². The Morgan fingerprint density at radius 1 is 1.08 bits per heavy atom. The third-order valence-corrected chi connectivity index (χ3v) is 4.73. The Bertz CT molecular complexity index is 771. The molecule has 2 aliphatic heterocycles. The van der Waals surface area contributed by atoms with Crippen molar-refractivity contribution in [3.05, 3.63) is 59.2 Å². The van der Waals surface area contributed by atoms with Gasteiger partial charge < -0.3 is 14.4 Å². The van der Waals surface area contributed by atoms with Gasteiger partial charge in [0.15, 0.2) is 11.5 Å². The van der Waals surface area contributed by atoms with Crippen LogP contribution in [-0.2, 0) is 0 Å². The van der Waals surface area contributed by atoms with Gasteiger partial charge in [-0.3, -0.25) is 4.79 Å². The summed E-state index contributed by atoms with van der Waals surface area (Å²) in [7, 11) is 0. The van der Waals surface area contributed by atoms with E-state index >= 15 is 0 Å². The van der Waals surface area contributed by atoms with Crippen molar-refractivity contribution in [1.29, 1.82) is 0 Å². The van der Waals surface area contributed by atoms with Gasteiger partial charge in [0, 0.05) is 12.1 Å². The number of ether oxygens (including phenoxy) is 2. The molecule has 4 rings (SSSR count). The highest BCUT2D eigenvalue weighted by atomic mass is 16.6. The number of hydrogen-bond donors (Lipinski definition) is 0. The summed E-state index contributed by atoms with van der Waals surface area (Å²) in [5, 5.41) is 0. The number of fused-ring (bicyclic) bond motifs is 1. The first kappa shape index (κ1) is 15.1. The summed E-state index contributed by atoms with van der Waals surface area (Å²) in [6, 6.07) is 14.0. The highest BCUT2D eigenvalue weighted by Crippen LogP contribution is 2.38. The zero-order valence-corrected chi connectivity index (χ0v) is 13.8. The fraction of sp³-hybridized carbons (Fsp3) is 0.350. The molecular formula is C20H21NO3. The largest absolute Gasteiger partial charge is 0.486 e. The molecule has 0 N–H and O–H groups in total. The Kier molecular flexibility index (Phi) is 3.89. The van der Waals surface area contributed by atoms with Gasteiger partial charge in [-0.05, 0) is 49.6 Å². The van der Waals surface area contributed by atoms with Crippen molar-refractivity contribution in [1.82, 2.24) is 4.90 Å². The molecule has 124 valence electrons. The third kappa shape index (κ3) is 2.73. The van der Waals surface area contributed by atoms with Crippen LogP contribution < -0.4 is 9.47 Å². The van der Waals surface area contributed by atoms with Crippen molar-refractivity contribution >= 4 is 5.91 Å². The van der Waals surface area contributed by atoms with Gasteiger partial charge >= 0.3 is 0 Å². The fourth-order valence-electron chi connectivity index (χ4n) is 3.57. The molecule has 2 aliphatic rings. The smallest absolute Gasteiger partial charge is 0.254 e. The lowest BCUT2D eigenvalue weighted by Gasteiger charge is -2.27. The minimum atomic E-state index is 0.105. The zero-order valence-electron chi connectivity index (χ0n) is 13.8. The average Bonchev–Trinajstić information content (AvgIpc) is 3.10. The van der Waals surface area contributed by atoms with E-state index in [4.69, 9.17) is 9.47 Å². The number of carbonyl (C=O) groups is 1. The number of carbonyl (C=O) groups excluding carboxylic acids is 1. The Morgan fingerprint density at radius 3 is 2.75 bits per heavy atom. The Morgan fingerprint density at radius 2 is 1.92 bits per heavy atom. The molecule has 4 nitrogen and oxygen atoms in total. The van der Waals surface area contributed by atoms with Crippen molar-refractivity contribution in [2.45, 2.75) is 25.8 Å². The molecule has 0 saturated carbocycles. The lowest BCUT2D eigenvalue weighted by Crippen LogP contribution is -2.30. The van der Waals surface area contributed by atoms with Gasteiger partial charge in [0.1, 0.15) is 13.2 Å². The van der Waals surface area contributed by atoms with Gasteiger partial charge in [-0.1, -0.05) is 23.8 Å². The molecule has 4 heteroatoms. The molecular weight excluding hydrogens is 302 g/mol. The molecule has 1 unspecified atom stereocenters. The monoisotopic (exact) mass is 323 g/mol. The van der Waals surface area contributed by atoms with Crippen LogP contribution in [-0.4, -0.2) is 30.6 Å². The first-order valence-corrected chi connectivity index (χ1v) is 8.49. The summed E-state index contributed by atoms with van der Waals surface area (Å²) in [6.07, 6.45) is 2.01. The van der Waals surface area contributed by atoms with Crippen LogP contribution in [0.5, 0.6) is 11.5 Å². The molecule has 0 aliphatic carbocycles. The van der Waals surface area contributed by atoms with Gasteiger partial charge in [-0.2, -0.15) is 0 Å². The number of likely N-dealkylation sites (tertiary alicyclic amines) is 1. The van der Waals surface area contributed by atoms with Gasteiger partial charge in [0.2, 0.25) is 0 Å². The van der Waals surface area contributed by atoms with Crippen molar-refractivity contribution in [2.75, 3.05) is 19.8 Å². The molecule has 2 aromatic rings. The predicted molar refractivity (Wildman–Crippen MR) is 91.6 cm³/mol. The summed E-state index contributed by atoms with van der Waals surface area (Å²) in [5.41, 5.74) is 2.99. The zero-order chi connectivity index (χ0) is 16.5. The first-order chi connectivity index (χ1) is 11.7. The van der Waals surface area contributed by atoms with E-state index in [1.54, 1.807) is 0 Å². The van der Waals surface area contributed by atoms with Gasteiger partial charge in [-0.15, -0.1) is 0 Å². The highest BCUT2D eigenvalue weighted by molar-refractivity contribution is 5.94. The second-order valence-corrected chi connectivity index (χ2v) is 6.43. The number of nitrogens with zero attached hydrogens (tertiary/aromatic N) is 1. The normalized spacial score (nSPS) is 19.4. The number of benzene rings is 2. The van der Waals surface area contributed by atoms with Crippen LogP contribution in [0, 0.1) is 6.92 Å². The summed E-state index contributed by atoms with van der Waals surface area (Å²) in [5.74, 6) is 1.68. The molecule has 1 fully saturated rings. The summed E-state index contributed by atoms with van der Waals surface area (Å²) in [4.78, 5) is 14.9. The van der Waals surface area contributed by atoms with Crippen LogP contribution >= 0.6 is 0 Å². The number of hydrogen-bond acceptors (Lipinski definition) is 3. The molecule has 2 heterocycles. The van der Waals surface area contributed by atoms with Crippen molar-refractivity contribution < 1.29 is 14.3 Å². The quantitative estimate of drug-likeness (QED) is 0.845. The molecule has 1 amide bonds. The third-order valence-electron chi connectivity index (χ3n) is 4.73. The topological polar surface area (TPSA) is 38.8 Å². The van der Waals surface area contributed by atoms with E-state index in [0.717, 1.165) is 47.6 Å². The van der Waals surface area contributed by atoms with E-state index < -0.39 is 0 Å². The van der Waals surface area contributed by atoms with Crippen molar-refractivity contribution in [3.8, 4) is 11.5 Å². The molecule has 0 aromatic heterocycles. The molecule has 1 saturated heterocycles. The van der Waals surface area contributed by atoms with Crippen LogP contribution in [0.4, 0.5) is 0 Å². The van der Waals surface area contributed by atoms with E-state index in [-0.39, 0.29) is 11.9 Å². The Labute approximate surface area is 142 Å². The average molecular weight is 323 g/mol. The van der Waals surface area contributed by atoms with Crippen LogP contribution in [0.3, 0.4) is 0 Å². The van der Waals surface area contributed by atoms with Crippen LogP contribution in [0.1, 0.15) is 40.4 Å². The maximum atomic E-state index is 12.9. The minimum absolute atomic E-state index is 0.105.